The van der Waals surface area contributed by atoms with Gasteiger partial charge in [0.15, 0.2) is 0 Å². The summed E-state index contributed by atoms with van der Waals surface area (Å²) >= 11 is 0. The van der Waals surface area contributed by atoms with E-state index in [0.29, 0.717) is 30.3 Å². The van der Waals surface area contributed by atoms with Crippen LogP contribution in [0.4, 0.5) is 18.9 Å². The molecule has 0 radical (unpaired) electrons. The Morgan fingerprint density at radius 3 is 2.65 bits per heavy atom. The van der Waals surface area contributed by atoms with Crippen LogP contribution in [0.2, 0.25) is 0 Å². The zero-order valence-corrected chi connectivity index (χ0v) is 13.5. The van der Waals surface area contributed by atoms with Gasteiger partial charge in [-0.3, -0.25) is 4.79 Å². The lowest BCUT2D eigenvalue weighted by Gasteiger charge is -2.12. The van der Waals surface area contributed by atoms with Gasteiger partial charge in [-0.25, -0.2) is 4.98 Å². The molecule has 3 rings (SSSR count). The molecule has 1 aromatic heterocycles. The number of halogens is 3. The summed E-state index contributed by atoms with van der Waals surface area (Å²) in [5, 5.41) is 2.59. The van der Waals surface area contributed by atoms with Gasteiger partial charge < -0.3 is 19.5 Å². The Balaban J connectivity index is 1.62. The first-order valence-corrected chi connectivity index (χ1v) is 7.77. The average molecular weight is 368 g/mol. The fraction of sp³-hybridized carbons (Fsp3) is 0.294. The lowest BCUT2D eigenvalue weighted by atomic mass is 10.2. The van der Waals surface area contributed by atoms with Gasteiger partial charge in [-0.2, -0.15) is 0 Å². The van der Waals surface area contributed by atoms with E-state index in [9.17, 15) is 18.0 Å². The first kappa shape index (κ1) is 18.0. The summed E-state index contributed by atoms with van der Waals surface area (Å²) < 4.78 is 51.0. The zero-order chi connectivity index (χ0) is 18.6. The number of amides is 1. The number of alkyl halides is 3. The molecule has 1 aliphatic heterocycles. The predicted molar refractivity (Wildman–Crippen MR) is 85.2 cm³/mol. The molecule has 1 fully saturated rings. The van der Waals surface area contributed by atoms with Crippen LogP contribution in [0.1, 0.15) is 16.8 Å². The van der Waals surface area contributed by atoms with Crippen molar-refractivity contribution in [3.05, 3.63) is 48.2 Å². The van der Waals surface area contributed by atoms with Crippen LogP contribution in [0.25, 0.3) is 0 Å². The van der Waals surface area contributed by atoms with Gasteiger partial charge in [0.05, 0.1) is 13.2 Å². The second-order valence-corrected chi connectivity index (χ2v) is 5.51. The van der Waals surface area contributed by atoms with Gasteiger partial charge in [0.1, 0.15) is 11.9 Å². The number of aromatic nitrogens is 1. The number of ether oxygens (including phenoxy) is 3. The van der Waals surface area contributed by atoms with E-state index in [1.54, 1.807) is 0 Å². The monoisotopic (exact) mass is 368 g/mol. The van der Waals surface area contributed by atoms with Crippen LogP contribution >= 0.6 is 0 Å². The summed E-state index contributed by atoms with van der Waals surface area (Å²) in [6.45, 7) is 1.10. The molecule has 1 N–H and O–H groups in total. The van der Waals surface area contributed by atoms with Crippen LogP contribution in [0.15, 0.2) is 42.6 Å². The van der Waals surface area contributed by atoms with Crippen molar-refractivity contribution in [2.45, 2.75) is 18.9 Å². The number of rotatable bonds is 5. The van der Waals surface area contributed by atoms with Crippen LogP contribution in [0.3, 0.4) is 0 Å². The van der Waals surface area contributed by atoms with Crippen LogP contribution in [-0.4, -0.2) is 36.6 Å². The van der Waals surface area contributed by atoms with Gasteiger partial charge >= 0.3 is 6.36 Å². The minimum absolute atomic E-state index is 0.0954. The standard InChI is InChI=1S/C17H15F3N2O4/c18-17(19,20)26-13-3-1-12(2-4-13)22-16(23)11-5-7-21-15(9-11)25-14-6-8-24-10-14/h1-5,7,9,14H,6,8,10H2,(H,22,23)/t14-/m0/s1. The molecule has 0 saturated carbocycles. The summed E-state index contributed by atoms with van der Waals surface area (Å²) in [6.07, 6.45) is -2.66. The molecule has 26 heavy (non-hydrogen) atoms. The minimum Gasteiger partial charge on any atom is -0.472 e. The molecule has 0 spiro atoms. The Kier molecular flexibility index (Phi) is 5.27. The molecule has 2 aromatic rings. The third-order valence-corrected chi connectivity index (χ3v) is 3.52. The van der Waals surface area contributed by atoms with Gasteiger partial charge in [-0.15, -0.1) is 13.2 Å². The van der Waals surface area contributed by atoms with Crippen molar-refractivity contribution in [3.8, 4) is 11.6 Å². The van der Waals surface area contributed by atoms with E-state index in [2.05, 4.69) is 15.0 Å². The molecule has 0 bridgehead atoms. The summed E-state index contributed by atoms with van der Waals surface area (Å²) in [4.78, 5) is 16.3. The first-order chi connectivity index (χ1) is 12.4. The highest BCUT2D eigenvalue weighted by molar-refractivity contribution is 6.04. The Bertz CT molecular complexity index is 759. The third-order valence-electron chi connectivity index (χ3n) is 3.52. The molecule has 138 valence electrons. The molecule has 0 unspecified atom stereocenters. The number of anilines is 1. The lowest BCUT2D eigenvalue weighted by Crippen LogP contribution is -2.18. The highest BCUT2D eigenvalue weighted by Crippen LogP contribution is 2.24. The second kappa shape index (κ2) is 7.61. The molecular weight excluding hydrogens is 353 g/mol. The molecule has 1 aromatic carbocycles. The second-order valence-electron chi connectivity index (χ2n) is 5.51. The number of nitrogens with one attached hydrogen (secondary N) is 1. The summed E-state index contributed by atoms with van der Waals surface area (Å²) in [7, 11) is 0. The van der Waals surface area contributed by atoms with Gasteiger partial charge in [-0.1, -0.05) is 0 Å². The number of benzene rings is 1. The van der Waals surface area contributed by atoms with Gasteiger partial charge in [0, 0.05) is 29.9 Å². The van der Waals surface area contributed by atoms with Crippen molar-refractivity contribution in [2.24, 2.45) is 0 Å². The number of carbonyl (C=O) groups excluding carboxylic acids is 1. The van der Waals surface area contributed by atoms with Crippen molar-refractivity contribution in [1.29, 1.82) is 0 Å². The van der Waals surface area contributed by atoms with Crippen molar-refractivity contribution >= 4 is 11.6 Å². The number of pyridine rings is 1. The smallest absolute Gasteiger partial charge is 0.472 e. The van der Waals surface area contributed by atoms with Crippen molar-refractivity contribution in [3.63, 3.8) is 0 Å². The van der Waals surface area contributed by atoms with E-state index in [0.717, 1.165) is 18.6 Å². The highest BCUT2D eigenvalue weighted by atomic mass is 19.4. The van der Waals surface area contributed by atoms with Crippen molar-refractivity contribution < 1.29 is 32.2 Å². The van der Waals surface area contributed by atoms with Gasteiger partial charge in [0.2, 0.25) is 5.88 Å². The van der Waals surface area contributed by atoms with E-state index in [1.165, 1.54) is 30.5 Å². The largest absolute Gasteiger partial charge is 0.573 e. The lowest BCUT2D eigenvalue weighted by molar-refractivity contribution is -0.274. The van der Waals surface area contributed by atoms with Crippen LogP contribution in [0.5, 0.6) is 11.6 Å². The molecule has 1 atom stereocenters. The maximum atomic E-state index is 12.3. The summed E-state index contributed by atoms with van der Waals surface area (Å²) in [6, 6.07) is 7.86. The quantitative estimate of drug-likeness (QED) is 0.876. The normalized spacial score (nSPS) is 17.0. The summed E-state index contributed by atoms with van der Waals surface area (Å²) in [5.74, 6) is -0.500. The van der Waals surface area contributed by atoms with E-state index >= 15 is 0 Å². The molecule has 1 saturated heterocycles. The molecule has 0 aliphatic carbocycles. The molecular formula is C17H15F3N2O4. The number of hydrogen-bond donors (Lipinski definition) is 1. The maximum absolute atomic E-state index is 12.3. The highest BCUT2D eigenvalue weighted by Gasteiger charge is 2.31. The van der Waals surface area contributed by atoms with E-state index in [-0.39, 0.29) is 11.9 Å². The first-order valence-electron chi connectivity index (χ1n) is 7.77. The SMILES string of the molecule is O=C(Nc1ccc(OC(F)(F)F)cc1)c1ccnc(O[C@H]2CCOC2)c1. The van der Waals surface area contributed by atoms with Gasteiger partial charge in [-0.05, 0) is 30.3 Å². The fourth-order valence-electron chi connectivity index (χ4n) is 2.33. The van der Waals surface area contributed by atoms with Crippen LogP contribution < -0.4 is 14.8 Å². The Morgan fingerprint density at radius 1 is 1.23 bits per heavy atom. The topological polar surface area (TPSA) is 69.7 Å². The van der Waals surface area contributed by atoms with Crippen molar-refractivity contribution in [2.75, 3.05) is 18.5 Å². The van der Waals surface area contributed by atoms with Gasteiger partial charge in [0.25, 0.3) is 5.91 Å². The number of nitrogens with zero attached hydrogens (tertiary/aromatic N) is 1. The van der Waals surface area contributed by atoms with Crippen LogP contribution in [-0.2, 0) is 4.74 Å². The molecule has 9 heteroatoms. The van der Waals surface area contributed by atoms with E-state index < -0.39 is 12.3 Å². The van der Waals surface area contributed by atoms with Crippen molar-refractivity contribution in [1.82, 2.24) is 4.98 Å². The minimum atomic E-state index is -4.76. The fourth-order valence-corrected chi connectivity index (χ4v) is 2.33. The zero-order valence-electron chi connectivity index (χ0n) is 13.5. The Labute approximate surface area is 146 Å². The molecule has 1 aliphatic rings. The Morgan fingerprint density at radius 2 is 2.00 bits per heavy atom. The number of hydrogen-bond acceptors (Lipinski definition) is 5. The van der Waals surface area contributed by atoms with E-state index in [1.807, 2.05) is 0 Å². The third kappa shape index (κ3) is 5.09. The average Bonchev–Trinajstić information content (AvgIpc) is 3.08. The Hall–Kier alpha value is -2.81. The van der Waals surface area contributed by atoms with E-state index in [4.69, 9.17) is 9.47 Å². The van der Waals surface area contributed by atoms with Crippen LogP contribution in [0, 0.1) is 0 Å². The molecule has 2 heterocycles. The summed E-state index contributed by atoms with van der Waals surface area (Å²) in [5.41, 5.74) is 0.637. The predicted octanol–water partition coefficient (Wildman–Crippen LogP) is 3.40. The maximum Gasteiger partial charge on any atom is 0.573 e. The number of carbonyl (C=O) groups is 1. The molecule has 1 amide bonds. The molecule has 6 nitrogen and oxygen atoms in total.